The number of nitrogens with one attached hydrogen (secondary N) is 4. The lowest BCUT2D eigenvalue weighted by atomic mass is 9.99. The average Bonchev–Trinajstić information content (AvgIpc) is 3.41. The van der Waals surface area contributed by atoms with Crippen molar-refractivity contribution in [3.05, 3.63) is 89.7 Å². The maximum Gasteiger partial charge on any atom is 0.289 e. The molecule has 2 aromatic carbocycles. The third-order valence-corrected chi connectivity index (χ3v) is 6.57. The van der Waals surface area contributed by atoms with E-state index in [0.29, 0.717) is 0 Å². The Labute approximate surface area is 251 Å². The molecule has 0 spiro atoms. The molecule has 0 fully saturated rings. The first-order valence-corrected chi connectivity index (χ1v) is 13.8. The predicted molar refractivity (Wildman–Crippen MR) is 165 cm³/mol. The topological polar surface area (TPSA) is 151 Å². The van der Waals surface area contributed by atoms with E-state index in [0.717, 1.165) is 11.1 Å². The number of nitrogens with zero attached hydrogens (tertiary/aromatic N) is 2. The van der Waals surface area contributed by atoms with Gasteiger partial charge in [0.2, 0.25) is 17.6 Å². The minimum Gasteiger partial charge on any atom is -0.345 e. The van der Waals surface area contributed by atoms with E-state index >= 15 is 0 Å². The summed E-state index contributed by atoms with van der Waals surface area (Å²) in [6, 6.07) is 16.6. The maximum atomic E-state index is 13.5. The summed E-state index contributed by atoms with van der Waals surface area (Å²) < 4.78 is 1.38. The lowest BCUT2D eigenvalue weighted by Gasteiger charge is -2.25. The molecule has 230 valence electrons. The van der Waals surface area contributed by atoms with Gasteiger partial charge in [-0.05, 0) is 36.5 Å². The predicted octanol–water partition coefficient (Wildman–Crippen LogP) is 2.67. The quantitative estimate of drug-likeness (QED) is 0.215. The van der Waals surface area contributed by atoms with Crippen LogP contribution in [0.5, 0.6) is 0 Å². The zero-order chi connectivity index (χ0) is 30.6. The molecule has 3 aromatic rings. The van der Waals surface area contributed by atoms with Crippen molar-refractivity contribution in [1.82, 2.24) is 31.0 Å². The van der Waals surface area contributed by atoms with Crippen LogP contribution in [0.3, 0.4) is 0 Å². The number of hydrogen-bond acceptors (Lipinski definition) is 6. The standard InChI is InChI=1S/C31H38N6O5.4H2/c1-20(2)17-25(36-28(39)21(3)34-30(41)26-15-16-33-37(26)4)29(40)35-24(18-22-11-7-5-8-12-22)27(38)31(42)32-19-23-13-9-6-10-14-23;;;;/h5-16,20-21,24-25H,17-19H2,1-4H3,(H,32,42)(H,34,41)(H,35,40)(H,36,39);4*1H/t21-,24-,25-;;;;/m0..../s1. The Bertz CT molecular complexity index is 1390. The molecule has 11 nitrogen and oxygen atoms in total. The normalized spacial score (nSPS) is 13.0. The van der Waals surface area contributed by atoms with E-state index in [1.165, 1.54) is 23.9 Å². The lowest BCUT2D eigenvalue weighted by Crippen LogP contribution is -2.57. The van der Waals surface area contributed by atoms with E-state index in [-0.39, 0.29) is 36.7 Å². The van der Waals surface area contributed by atoms with Crippen LogP contribution in [-0.4, -0.2) is 57.3 Å². The van der Waals surface area contributed by atoms with Gasteiger partial charge in [-0.3, -0.25) is 28.7 Å². The van der Waals surface area contributed by atoms with Gasteiger partial charge in [-0.25, -0.2) is 0 Å². The molecule has 42 heavy (non-hydrogen) atoms. The van der Waals surface area contributed by atoms with Crippen LogP contribution in [0.1, 0.15) is 54.5 Å². The smallest absolute Gasteiger partial charge is 0.289 e. The molecule has 0 aliphatic rings. The molecule has 0 radical (unpaired) electrons. The lowest BCUT2D eigenvalue weighted by molar-refractivity contribution is -0.140. The number of aromatic nitrogens is 2. The molecular formula is C31H46N6O5. The third-order valence-electron chi connectivity index (χ3n) is 6.57. The van der Waals surface area contributed by atoms with Crippen LogP contribution in [0, 0.1) is 5.92 Å². The summed E-state index contributed by atoms with van der Waals surface area (Å²) in [5.74, 6) is -3.27. The SMILES string of the molecule is CC(C)C[C@H](NC(=O)[C@H](C)NC(=O)c1ccnn1C)C(=O)N[C@@H](Cc1ccccc1)C(=O)C(=O)NCc1ccccc1.[HH].[HH].[HH].[HH]. The fraction of sp³-hybridized carbons (Fsp3) is 0.355. The minimum atomic E-state index is -1.16. The summed E-state index contributed by atoms with van der Waals surface area (Å²) in [5, 5.41) is 14.6. The summed E-state index contributed by atoms with van der Waals surface area (Å²) >= 11 is 0. The Hall–Kier alpha value is -4.80. The second kappa shape index (κ2) is 15.3. The summed E-state index contributed by atoms with van der Waals surface area (Å²) in [6.45, 7) is 5.45. The molecule has 0 saturated heterocycles. The van der Waals surface area contributed by atoms with E-state index in [9.17, 15) is 24.0 Å². The summed E-state index contributed by atoms with van der Waals surface area (Å²) in [5.41, 5.74) is 1.86. The monoisotopic (exact) mass is 582 g/mol. The van der Waals surface area contributed by atoms with Gasteiger partial charge in [-0.2, -0.15) is 5.10 Å². The van der Waals surface area contributed by atoms with Crippen LogP contribution in [0.15, 0.2) is 72.9 Å². The molecule has 3 rings (SSSR count). The Morgan fingerprint density at radius 3 is 1.95 bits per heavy atom. The molecule has 4 N–H and O–H groups in total. The van der Waals surface area contributed by atoms with E-state index in [2.05, 4.69) is 26.4 Å². The highest BCUT2D eigenvalue weighted by molar-refractivity contribution is 6.38. The Balaban J connectivity index is 0. The van der Waals surface area contributed by atoms with Gasteiger partial charge in [0, 0.05) is 31.9 Å². The number of Topliss-reactive ketones (excluding diaryl/α,β-unsaturated/α-hetero) is 1. The van der Waals surface area contributed by atoms with Crippen molar-refractivity contribution in [2.75, 3.05) is 0 Å². The first kappa shape index (κ1) is 31.7. The van der Waals surface area contributed by atoms with Crippen molar-refractivity contribution in [2.24, 2.45) is 13.0 Å². The zero-order valence-corrected chi connectivity index (χ0v) is 24.3. The minimum absolute atomic E-state index is 0. The molecule has 0 aliphatic carbocycles. The van der Waals surface area contributed by atoms with Gasteiger partial charge in [0.25, 0.3) is 11.8 Å². The number of carbonyl (C=O) groups excluding carboxylic acids is 5. The van der Waals surface area contributed by atoms with Crippen LogP contribution in [0.2, 0.25) is 0 Å². The number of benzene rings is 2. The van der Waals surface area contributed by atoms with Crippen molar-refractivity contribution in [2.45, 2.75) is 58.3 Å². The number of rotatable bonds is 14. The number of carbonyl (C=O) groups is 5. The van der Waals surface area contributed by atoms with Crippen LogP contribution >= 0.6 is 0 Å². The van der Waals surface area contributed by atoms with Gasteiger partial charge >= 0.3 is 0 Å². The summed E-state index contributed by atoms with van der Waals surface area (Å²) in [4.78, 5) is 65.1. The largest absolute Gasteiger partial charge is 0.345 e. The molecule has 0 bridgehead atoms. The first-order valence-electron chi connectivity index (χ1n) is 13.8. The number of ketones is 1. The van der Waals surface area contributed by atoms with Crippen LogP contribution in [-0.2, 0) is 39.2 Å². The highest BCUT2D eigenvalue weighted by Gasteiger charge is 2.31. The molecule has 1 heterocycles. The van der Waals surface area contributed by atoms with Gasteiger partial charge < -0.3 is 21.3 Å². The van der Waals surface area contributed by atoms with Gasteiger partial charge in [0.15, 0.2) is 0 Å². The fourth-order valence-electron chi connectivity index (χ4n) is 4.29. The summed E-state index contributed by atoms with van der Waals surface area (Å²) in [7, 11) is 1.61. The van der Waals surface area contributed by atoms with Gasteiger partial charge in [-0.15, -0.1) is 0 Å². The molecule has 1 aromatic heterocycles. The second-order valence-electron chi connectivity index (χ2n) is 10.5. The van der Waals surface area contributed by atoms with E-state index in [4.69, 9.17) is 0 Å². The summed E-state index contributed by atoms with van der Waals surface area (Å²) in [6.07, 6.45) is 1.83. The Morgan fingerprint density at radius 2 is 1.38 bits per heavy atom. The highest BCUT2D eigenvalue weighted by Crippen LogP contribution is 2.09. The van der Waals surface area contributed by atoms with Gasteiger partial charge in [-0.1, -0.05) is 74.5 Å². The molecule has 3 atom stereocenters. The van der Waals surface area contributed by atoms with Crippen molar-refractivity contribution in [1.29, 1.82) is 0 Å². The zero-order valence-electron chi connectivity index (χ0n) is 24.3. The van der Waals surface area contributed by atoms with E-state index in [1.807, 2.05) is 50.2 Å². The molecule has 0 unspecified atom stereocenters. The van der Waals surface area contributed by atoms with Crippen molar-refractivity contribution in [3.8, 4) is 0 Å². The van der Waals surface area contributed by atoms with Crippen molar-refractivity contribution in [3.63, 3.8) is 0 Å². The molecular weight excluding hydrogens is 536 g/mol. The van der Waals surface area contributed by atoms with Crippen molar-refractivity contribution >= 4 is 29.4 Å². The van der Waals surface area contributed by atoms with Crippen LogP contribution in [0.4, 0.5) is 0 Å². The molecule has 0 saturated carbocycles. The highest BCUT2D eigenvalue weighted by atomic mass is 16.2. The number of hydrogen-bond donors (Lipinski definition) is 4. The maximum absolute atomic E-state index is 13.5. The fourth-order valence-corrected chi connectivity index (χ4v) is 4.29. The second-order valence-corrected chi connectivity index (χ2v) is 10.5. The average molecular weight is 583 g/mol. The van der Waals surface area contributed by atoms with Crippen LogP contribution < -0.4 is 21.3 Å². The Morgan fingerprint density at radius 1 is 0.786 bits per heavy atom. The molecule has 0 aliphatic heterocycles. The van der Waals surface area contributed by atoms with Gasteiger partial charge in [0.1, 0.15) is 23.8 Å². The Kier molecular flexibility index (Phi) is 11.5. The molecule has 11 heteroatoms. The first-order chi connectivity index (χ1) is 20.0. The number of amides is 4. The van der Waals surface area contributed by atoms with E-state index < -0.39 is 47.5 Å². The third kappa shape index (κ3) is 9.39. The van der Waals surface area contributed by atoms with E-state index in [1.54, 1.807) is 31.3 Å². The van der Waals surface area contributed by atoms with Crippen LogP contribution in [0.25, 0.3) is 0 Å². The molecule has 4 amide bonds. The number of aryl methyl sites for hydroxylation is 1. The van der Waals surface area contributed by atoms with Crippen molar-refractivity contribution < 1.29 is 29.7 Å². The van der Waals surface area contributed by atoms with Gasteiger partial charge in [0.05, 0.1) is 0 Å².